The van der Waals surface area contributed by atoms with Crippen molar-refractivity contribution in [3.05, 3.63) is 0 Å². The number of esters is 1. The second-order valence-corrected chi connectivity index (χ2v) is 4.14. The summed E-state index contributed by atoms with van der Waals surface area (Å²) < 4.78 is 165. The molecule has 0 saturated heterocycles. The lowest BCUT2D eigenvalue weighted by molar-refractivity contribution is -0.460. The fourth-order valence-electron chi connectivity index (χ4n) is 1.03. The Hall–Kier alpha value is -1.44. The van der Waals surface area contributed by atoms with E-state index >= 15 is 0 Å². The van der Waals surface area contributed by atoms with E-state index < -0.39 is 48.4 Å². The van der Waals surface area contributed by atoms with E-state index in [4.69, 9.17) is 0 Å². The summed E-state index contributed by atoms with van der Waals surface area (Å²) in [6, 6.07) is 0. The summed E-state index contributed by atoms with van der Waals surface area (Å²) in [4.78, 5) is 10.4. The number of hydrogen-bond acceptors (Lipinski definition) is 2. The van der Waals surface area contributed by atoms with E-state index in [1.165, 1.54) is 0 Å². The molecule has 0 aliphatic heterocycles. The van der Waals surface area contributed by atoms with Crippen LogP contribution >= 0.6 is 0 Å². The summed E-state index contributed by atoms with van der Waals surface area (Å²) in [6.07, 6.45) is -15.5. The van der Waals surface area contributed by atoms with Gasteiger partial charge in [-0.05, 0) is 0 Å². The Labute approximate surface area is 123 Å². The first kappa shape index (κ1) is 22.6. The Morgan fingerprint density at radius 3 is 1.29 bits per heavy atom. The molecule has 2 nitrogen and oxygen atoms in total. The largest absolute Gasteiger partial charge is 0.473 e. The van der Waals surface area contributed by atoms with Crippen LogP contribution in [0.25, 0.3) is 0 Å². The van der Waals surface area contributed by atoms with Crippen LogP contribution in [0, 0.1) is 0 Å². The third-order valence-electron chi connectivity index (χ3n) is 2.44. The van der Waals surface area contributed by atoms with Crippen LogP contribution in [0.1, 0.15) is 13.3 Å². The highest BCUT2D eigenvalue weighted by molar-refractivity contribution is 5.69. The summed E-state index contributed by atoms with van der Waals surface area (Å²) in [5.74, 6) is -33.7. The zero-order valence-corrected chi connectivity index (χ0v) is 10.9. The molecule has 0 heterocycles. The van der Waals surface area contributed by atoms with Crippen LogP contribution in [0.15, 0.2) is 0 Å². The van der Waals surface area contributed by atoms with E-state index in [0.717, 1.165) is 0 Å². The van der Waals surface area contributed by atoms with Crippen LogP contribution in [0.4, 0.5) is 57.1 Å². The SMILES string of the molecule is CCC(=O)OC(F)(F)C(F)(F)C(F)(F)C(F)(F)C(F)(F)C(F)(F)F. The Kier molecular flexibility index (Phi) is 5.47. The van der Waals surface area contributed by atoms with Gasteiger partial charge in [0.25, 0.3) is 0 Å². The van der Waals surface area contributed by atoms with Crippen LogP contribution in [0.2, 0.25) is 0 Å². The molecule has 0 aliphatic rings. The monoisotopic (exact) mass is 392 g/mol. The summed E-state index contributed by atoms with van der Waals surface area (Å²) in [7, 11) is 0. The number of halogens is 13. The molecule has 0 saturated carbocycles. The third-order valence-corrected chi connectivity index (χ3v) is 2.44. The molecule has 0 unspecified atom stereocenters. The molecule has 0 spiro atoms. The zero-order chi connectivity index (χ0) is 20.0. The molecular weight excluding hydrogens is 387 g/mol. The molecule has 15 heteroatoms. The number of hydrogen-bond donors (Lipinski definition) is 0. The van der Waals surface area contributed by atoms with Crippen molar-refractivity contribution < 1.29 is 66.6 Å². The van der Waals surface area contributed by atoms with E-state index in [2.05, 4.69) is 4.74 Å². The normalized spacial score (nSPS) is 15.4. The molecule has 0 aromatic rings. The second-order valence-electron chi connectivity index (χ2n) is 4.14. The number of rotatable bonds is 6. The van der Waals surface area contributed by atoms with Crippen LogP contribution in [0.5, 0.6) is 0 Å². The van der Waals surface area contributed by atoms with Gasteiger partial charge in [0.2, 0.25) is 0 Å². The van der Waals surface area contributed by atoms with Crippen LogP contribution < -0.4 is 0 Å². The first-order valence-corrected chi connectivity index (χ1v) is 5.38. The standard InChI is InChI=1S/C9H5F13O2/c1-2-3(23)24-9(21,22)7(16,17)5(12,13)4(10,11)6(14,15)8(18,19)20/h2H2,1H3. The minimum Gasteiger partial charge on any atom is -0.396 e. The smallest absolute Gasteiger partial charge is 0.396 e. The van der Waals surface area contributed by atoms with Crippen molar-refractivity contribution in [1.82, 2.24) is 0 Å². The van der Waals surface area contributed by atoms with Crippen molar-refractivity contribution in [2.45, 2.75) is 49.3 Å². The Bertz CT molecular complexity index is 478. The number of alkyl halides is 13. The van der Waals surface area contributed by atoms with Crippen molar-refractivity contribution in [2.24, 2.45) is 0 Å². The summed E-state index contributed by atoms with van der Waals surface area (Å²) in [5.41, 5.74) is 0. The summed E-state index contributed by atoms with van der Waals surface area (Å²) in [5, 5.41) is 0. The van der Waals surface area contributed by atoms with Gasteiger partial charge >= 0.3 is 41.9 Å². The minimum atomic E-state index is -8.01. The highest BCUT2D eigenvalue weighted by Crippen LogP contribution is 2.60. The van der Waals surface area contributed by atoms with Crippen molar-refractivity contribution in [1.29, 1.82) is 0 Å². The molecule has 144 valence electrons. The highest BCUT2D eigenvalue weighted by Gasteiger charge is 2.91. The topological polar surface area (TPSA) is 26.3 Å². The average Bonchev–Trinajstić information content (AvgIpc) is 2.35. The van der Waals surface area contributed by atoms with Crippen LogP contribution in [-0.4, -0.2) is 41.9 Å². The fourth-order valence-corrected chi connectivity index (χ4v) is 1.03. The van der Waals surface area contributed by atoms with Gasteiger partial charge in [0, 0.05) is 6.42 Å². The zero-order valence-electron chi connectivity index (χ0n) is 10.9. The lowest BCUT2D eigenvalue weighted by atomic mass is 9.97. The fraction of sp³-hybridized carbons (Fsp3) is 0.889. The Morgan fingerprint density at radius 1 is 0.667 bits per heavy atom. The molecular formula is C9H5F13O2. The first-order chi connectivity index (χ1) is 10.2. The van der Waals surface area contributed by atoms with E-state index in [1.54, 1.807) is 0 Å². The summed E-state index contributed by atoms with van der Waals surface area (Å²) in [6.45, 7) is 0.668. The Balaban J connectivity index is 6.15. The maximum atomic E-state index is 12.9. The first-order valence-electron chi connectivity index (χ1n) is 5.38. The van der Waals surface area contributed by atoms with Gasteiger partial charge in [-0.15, -0.1) is 0 Å². The lowest BCUT2D eigenvalue weighted by Crippen LogP contribution is -2.70. The van der Waals surface area contributed by atoms with Crippen molar-refractivity contribution >= 4 is 5.97 Å². The van der Waals surface area contributed by atoms with Gasteiger partial charge in [0.05, 0.1) is 0 Å². The predicted molar refractivity (Wildman–Crippen MR) is 47.2 cm³/mol. The number of ether oxygens (including phenoxy) is 1. The minimum absolute atomic E-state index is 0.668. The molecule has 24 heavy (non-hydrogen) atoms. The van der Waals surface area contributed by atoms with E-state index in [-0.39, 0.29) is 0 Å². The van der Waals surface area contributed by atoms with Crippen LogP contribution in [0.3, 0.4) is 0 Å². The quantitative estimate of drug-likeness (QED) is 0.487. The maximum Gasteiger partial charge on any atom is 0.473 e. The van der Waals surface area contributed by atoms with Crippen LogP contribution in [-0.2, 0) is 9.53 Å². The molecule has 0 amide bonds. The molecule has 0 rings (SSSR count). The van der Waals surface area contributed by atoms with Gasteiger partial charge in [-0.2, -0.15) is 57.1 Å². The average molecular weight is 392 g/mol. The van der Waals surface area contributed by atoms with Gasteiger partial charge in [-0.25, -0.2) is 0 Å². The maximum absolute atomic E-state index is 12.9. The molecule has 0 N–H and O–H groups in total. The van der Waals surface area contributed by atoms with Crippen molar-refractivity contribution in [3.8, 4) is 0 Å². The number of carbonyl (C=O) groups excluding carboxylic acids is 1. The third kappa shape index (κ3) is 3.08. The van der Waals surface area contributed by atoms with Gasteiger partial charge < -0.3 is 4.74 Å². The highest BCUT2D eigenvalue weighted by atomic mass is 19.4. The van der Waals surface area contributed by atoms with E-state index in [1.807, 2.05) is 0 Å². The van der Waals surface area contributed by atoms with Gasteiger partial charge in [-0.1, -0.05) is 6.92 Å². The predicted octanol–water partition coefficient (Wildman–Crippen LogP) is 4.64. The molecule has 0 fully saturated rings. The van der Waals surface area contributed by atoms with Gasteiger partial charge in [0.1, 0.15) is 0 Å². The molecule has 0 atom stereocenters. The second kappa shape index (κ2) is 5.82. The molecule has 0 aliphatic carbocycles. The molecule has 0 radical (unpaired) electrons. The van der Waals surface area contributed by atoms with Gasteiger partial charge in [0.15, 0.2) is 0 Å². The van der Waals surface area contributed by atoms with Gasteiger partial charge in [-0.3, -0.25) is 4.79 Å². The molecule has 0 aromatic carbocycles. The van der Waals surface area contributed by atoms with Crippen molar-refractivity contribution in [2.75, 3.05) is 0 Å². The lowest BCUT2D eigenvalue weighted by Gasteiger charge is -2.38. The van der Waals surface area contributed by atoms with Crippen molar-refractivity contribution in [3.63, 3.8) is 0 Å². The van der Waals surface area contributed by atoms with E-state index in [0.29, 0.717) is 6.92 Å². The van der Waals surface area contributed by atoms with E-state index in [9.17, 15) is 61.9 Å². The molecule has 0 bridgehead atoms. The number of carbonyl (C=O) groups is 1. The Morgan fingerprint density at radius 2 is 1.00 bits per heavy atom. The summed E-state index contributed by atoms with van der Waals surface area (Å²) >= 11 is 0. The molecule has 0 aromatic heterocycles.